The highest BCUT2D eigenvalue weighted by Gasteiger charge is 2.01. The molecule has 0 bridgehead atoms. The van der Waals surface area contributed by atoms with Crippen molar-refractivity contribution in [2.45, 2.75) is 19.8 Å². The van der Waals surface area contributed by atoms with Crippen molar-refractivity contribution in [2.24, 2.45) is 0 Å². The van der Waals surface area contributed by atoms with Gasteiger partial charge >= 0.3 is 0 Å². The molecule has 2 nitrogen and oxygen atoms in total. The van der Waals surface area contributed by atoms with Gasteiger partial charge in [-0.1, -0.05) is 48.5 Å². The fraction of sp³-hybridized carbons (Fsp3) is 0.278. The van der Waals surface area contributed by atoms with Crippen molar-refractivity contribution in [3.8, 4) is 11.1 Å². The molecule has 0 aromatic heterocycles. The molecule has 0 fully saturated rings. The monoisotopic (exact) mass is 268 g/mol. The van der Waals surface area contributed by atoms with Crippen LogP contribution < -0.4 is 0 Å². The SMILES string of the molecule is COCCc1ccc(-c2ccc(CC(C)=O)cc2)cc1. The first-order valence-electron chi connectivity index (χ1n) is 6.85. The van der Waals surface area contributed by atoms with Gasteiger partial charge < -0.3 is 4.74 Å². The van der Waals surface area contributed by atoms with Crippen LogP contribution in [0.2, 0.25) is 0 Å². The van der Waals surface area contributed by atoms with E-state index < -0.39 is 0 Å². The van der Waals surface area contributed by atoms with E-state index in [2.05, 4.69) is 36.4 Å². The van der Waals surface area contributed by atoms with Gasteiger partial charge in [-0.2, -0.15) is 0 Å². The second-order valence-electron chi connectivity index (χ2n) is 5.02. The van der Waals surface area contributed by atoms with Crippen LogP contribution in [0, 0.1) is 0 Å². The minimum absolute atomic E-state index is 0.195. The average Bonchev–Trinajstić information content (AvgIpc) is 2.46. The smallest absolute Gasteiger partial charge is 0.134 e. The molecule has 0 aliphatic heterocycles. The zero-order valence-corrected chi connectivity index (χ0v) is 12.1. The van der Waals surface area contributed by atoms with Gasteiger partial charge in [0.05, 0.1) is 6.61 Å². The Morgan fingerprint density at radius 1 is 0.900 bits per heavy atom. The number of methoxy groups -OCH3 is 1. The lowest BCUT2D eigenvalue weighted by atomic mass is 10.0. The van der Waals surface area contributed by atoms with Gasteiger partial charge in [-0.05, 0) is 35.6 Å². The van der Waals surface area contributed by atoms with Gasteiger partial charge in [-0.15, -0.1) is 0 Å². The summed E-state index contributed by atoms with van der Waals surface area (Å²) in [6, 6.07) is 16.7. The molecule has 0 N–H and O–H groups in total. The van der Waals surface area contributed by atoms with Crippen LogP contribution in [0.25, 0.3) is 11.1 Å². The van der Waals surface area contributed by atoms with Crippen molar-refractivity contribution < 1.29 is 9.53 Å². The van der Waals surface area contributed by atoms with Crippen molar-refractivity contribution in [2.75, 3.05) is 13.7 Å². The van der Waals surface area contributed by atoms with Gasteiger partial charge in [0.2, 0.25) is 0 Å². The van der Waals surface area contributed by atoms with Gasteiger partial charge in [0.1, 0.15) is 5.78 Å². The highest BCUT2D eigenvalue weighted by Crippen LogP contribution is 2.20. The Balaban J connectivity index is 2.09. The standard InChI is InChI=1S/C18H20O2/c1-14(19)13-16-5-9-18(10-6-16)17-7-3-15(4-8-17)11-12-20-2/h3-10H,11-13H2,1-2H3. The molecule has 0 aliphatic rings. The number of benzene rings is 2. The summed E-state index contributed by atoms with van der Waals surface area (Å²) in [7, 11) is 1.72. The van der Waals surface area contributed by atoms with Crippen LogP contribution in [0.4, 0.5) is 0 Å². The zero-order valence-electron chi connectivity index (χ0n) is 12.1. The predicted molar refractivity (Wildman–Crippen MR) is 81.8 cm³/mol. The lowest BCUT2D eigenvalue weighted by molar-refractivity contribution is -0.116. The predicted octanol–water partition coefficient (Wildman–Crippen LogP) is 3.67. The van der Waals surface area contributed by atoms with Gasteiger partial charge in [-0.3, -0.25) is 4.79 Å². The number of carbonyl (C=O) groups is 1. The Hall–Kier alpha value is -1.93. The van der Waals surface area contributed by atoms with Gasteiger partial charge in [-0.25, -0.2) is 0 Å². The van der Waals surface area contributed by atoms with Crippen molar-refractivity contribution in [1.29, 1.82) is 0 Å². The van der Waals surface area contributed by atoms with Crippen LogP contribution in [0.15, 0.2) is 48.5 Å². The molecule has 0 unspecified atom stereocenters. The first kappa shape index (κ1) is 14.5. The van der Waals surface area contributed by atoms with E-state index in [0.717, 1.165) is 18.6 Å². The minimum Gasteiger partial charge on any atom is -0.384 e. The number of ether oxygens (including phenoxy) is 1. The minimum atomic E-state index is 0.195. The third kappa shape index (κ3) is 4.04. The number of rotatable bonds is 6. The van der Waals surface area contributed by atoms with Gasteiger partial charge in [0.25, 0.3) is 0 Å². The maximum Gasteiger partial charge on any atom is 0.134 e. The Morgan fingerprint density at radius 3 is 1.85 bits per heavy atom. The third-order valence-corrected chi connectivity index (χ3v) is 3.29. The zero-order chi connectivity index (χ0) is 14.4. The normalized spacial score (nSPS) is 10.5. The molecule has 0 spiro atoms. The summed E-state index contributed by atoms with van der Waals surface area (Å²) in [6.07, 6.45) is 1.45. The summed E-state index contributed by atoms with van der Waals surface area (Å²) in [5, 5.41) is 0. The van der Waals surface area contributed by atoms with E-state index in [1.165, 1.54) is 16.7 Å². The molecule has 0 saturated carbocycles. The number of hydrogen-bond acceptors (Lipinski definition) is 2. The summed E-state index contributed by atoms with van der Waals surface area (Å²) in [4.78, 5) is 11.1. The summed E-state index contributed by atoms with van der Waals surface area (Å²) in [5.41, 5.74) is 4.72. The fourth-order valence-electron chi connectivity index (χ4n) is 2.19. The van der Waals surface area contributed by atoms with Crippen LogP contribution in [0.1, 0.15) is 18.1 Å². The van der Waals surface area contributed by atoms with Crippen LogP contribution in [-0.2, 0) is 22.4 Å². The Kier molecular flexibility index (Phi) is 5.08. The Bertz CT molecular complexity index is 553. The van der Waals surface area contributed by atoms with Crippen LogP contribution >= 0.6 is 0 Å². The molecular formula is C18H20O2. The lowest BCUT2D eigenvalue weighted by Crippen LogP contribution is -1.95. The molecule has 104 valence electrons. The molecule has 0 saturated heterocycles. The molecule has 20 heavy (non-hydrogen) atoms. The molecule has 2 rings (SSSR count). The van der Waals surface area contributed by atoms with Crippen LogP contribution in [0.3, 0.4) is 0 Å². The van der Waals surface area contributed by atoms with E-state index in [4.69, 9.17) is 4.74 Å². The number of ketones is 1. The summed E-state index contributed by atoms with van der Waals surface area (Å²) in [5.74, 6) is 0.195. The van der Waals surface area contributed by atoms with Gasteiger partial charge in [0.15, 0.2) is 0 Å². The summed E-state index contributed by atoms with van der Waals surface area (Å²) >= 11 is 0. The lowest BCUT2D eigenvalue weighted by Gasteiger charge is -2.05. The van der Waals surface area contributed by atoms with Gasteiger partial charge in [0, 0.05) is 13.5 Å². The molecule has 0 atom stereocenters. The van der Waals surface area contributed by atoms with Crippen LogP contribution in [0.5, 0.6) is 0 Å². The molecule has 0 heterocycles. The third-order valence-electron chi connectivity index (χ3n) is 3.29. The number of Topliss-reactive ketones (excluding diaryl/α,β-unsaturated/α-hetero) is 1. The molecule has 2 aromatic carbocycles. The fourth-order valence-corrected chi connectivity index (χ4v) is 2.19. The summed E-state index contributed by atoms with van der Waals surface area (Å²) in [6.45, 7) is 2.37. The van der Waals surface area contributed by atoms with E-state index in [0.29, 0.717) is 6.42 Å². The molecule has 2 heteroatoms. The van der Waals surface area contributed by atoms with Crippen molar-refractivity contribution in [3.63, 3.8) is 0 Å². The maximum atomic E-state index is 11.1. The average molecular weight is 268 g/mol. The maximum absolute atomic E-state index is 11.1. The Labute approximate surface area is 120 Å². The van der Waals surface area contributed by atoms with Crippen molar-refractivity contribution in [1.82, 2.24) is 0 Å². The first-order chi connectivity index (χ1) is 9.69. The van der Waals surface area contributed by atoms with Crippen molar-refractivity contribution >= 4 is 5.78 Å². The second-order valence-corrected chi connectivity index (χ2v) is 5.02. The molecule has 0 radical (unpaired) electrons. The highest BCUT2D eigenvalue weighted by molar-refractivity contribution is 5.78. The summed E-state index contributed by atoms with van der Waals surface area (Å²) < 4.78 is 5.08. The largest absolute Gasteiger partial charge is 0.384 e. The topological polar surface area (TPSA) is 26.3 Å². The van der Waals surface area contributed by atoms with E-state index >= 15 is 0 Å². The van der Waals surface area contributed by atoms with E-state index in [9.17, 15) is 4.79 Å². The van der Waals surface area contributed by atoms with Crippen LogP contribution in [-0.4, -0.2) is 19.5 Å². The molecule has 0 amide bonds. The van der Waals surface area contributed by atoms with Crippen molar-refractivity contribution in [3.05, 3.63) is 59.7 Å². The second kappa shape index (κ2) is 7.01. The van der Waals surface area contributed by atoms with E-state index in [1.807, 2.05) is 12.1 Å². The van der Waals surface area contributed by atoms with E-state index in [-0.39, 0.29) is 5.78 Å². The highest BCUT2D eigenvalue weighted by atomic mass is 16.5. The molecule has 2 aromatic rings. The quantitative estimate of drug-likeness (QED) is 0.799. The van der Waals surface area contributed by atoms with E-state index in [1.54, 1.807) is 14.0 Å². The molecule has 0 aliphatic carbocycles. The number of carbonyl (C=O) groups excluding carboxylic acids is 1. The number of hydrogen-bond donors (Lipinski definition) is 0. The Morgan fingerprint density at radius 2 is 1.40 bits per heavy atom. The molecular weight excluding hydrogens is 248 g/mol. The first-order valence-corrected chi connectivity index (χ1v) is 6.85.